The Morgan fingerprint density at radius 3 is 2.61 bits per heavy atom. The molecule has 0 aromatic carbocycles. The smallest absolute Gasteiger partial charge is 0.231 e. The molecule has 0 amide bonds. The molecular formula is C10H17BrFN3O3. The van der Waals surface area contributed by atoms with Crippen molar-refractivity contribution in [3.63, 3.8) is 0 Å². The Labute approximate surface area is 113 Å². The molecule has 18 heavy (non-hydrogen) atoms. The summed E-state index contributed by atoms with van der Waals surface area (Å²) in [6, 6.07) is -2.08. The molecule has 8 heteroatoms. The van der Waals surface area contributed by atoms with Crippen LogP contribution in [-0.4, -0.2) is 65.3 Å². The van der Waals surface area contributed by atoms with Gasteiger partial charge in [0.1, 0.15) is 6.17 Å². The quantitative estimate of drug-likeness (QED) is 0.444. The zero-order valence-corrected chi connectivity index (χ0v) is 11.5. The maximum atomic E-state index is 14.2. The third-order valence-electron chi connectivity index (χ3n) is 3.71. The normalized spacial score (nSPS) is 42.7. The van der Waals surface area contributed by atoms with Crippen LogP contribution in [0, 0.1) is 10.1 Å². The van der Waals surface area contributed by atoms with Gasteiger partial charge >= 0.3 is 0 Å². The molecule has 1 heterocycles. The summed E-state index contributed by atoms with van der Waals surface area (Å²) in [7, 11) is 0. The fourth-order valence-electron chi connectivity index (χ4n) is 2.70. The van der Waals surface area contributed by atoms with E-state index in [1.165, 1.54) is 0 Å². The van der Waals surface area contributed by atoms with E-state index in [-0.39, 0.29) is 6.42 Å². The minimum absolute atomic E-state index is 0.113. The van der Waals surface area contributed by atoms with Crippen LogP contribution in [0.4, 0.5) is 4.39 Å². The summed E-state index contributed by atoms with van der Waals surface area (Å²) < 4.78 is 19.4. The monoisotopic (exact) mass is 325 g/mol. The first-order chi connectivity index (χ1) is 8.52. The predicted octanol–water partition coefficient (Wildman–Crippen LogP) is 0.165. The van der Waals surface area contributed by atoms with Gasteiger partial charge in [-0.2, -0.15) is 0 Å². The lowest BCUT2D eigenvalue weighted by Crippen LogP contribution is -2.64. The van der Waals surface area contributed by atoms with E-state index in [4.69, 9.17) is 10.5 Å². The summed E-state index contributed by atoms with van der Waals surface area (Å²) in [5, 5.41) is 10.8. The van der Waals surface area contributed by atoms with Gasteiger partial charge in [0.2, 0.25) is 6.04 Å². The Morgan fingerprint density at radius 2 is 2.06 bits per heavy atom. The van der Waals surface area contributed by atoms with Crippen molar-refractivity contribution in [2.75, 3.05) is 26.3 Å². The third kappa shape index (κ3) is 2.66. The predicted molar refractivity (Wildman–Crippen MR) is 67.2 cm³/mol. The molecule has 2 aliphatic rings. The first-order valence-electron chi connectivity index (χ1n) is 6.01. The molecule has 1 saturated carbocycles. The summed E-state index contributed by atoms with van der Waals surface area (Å²) >= 11 is 3.35. The minimum Gasteiger partial charge on any atom is -0.379 e. The summed E-state index contributed by atoms with van der Waals surface area (Å²) in [6.45, 7) is 2.42. The van der Waals surface area contributed by atoms with Gasteiger partial charge in [-0.3, -0.25) is 15.0 Å². The molecule has 5 atom stereocenters. The van der Waals surface area contributed by atoms with E-state index in [0.29, 0.717) is 26.3 Å². The fourth-order valence-corrected chi connectivity index (χ4v) is 3.72. The maximum absolute atomic E-state index is 14.2. The number of morpholine rings is 1. The van der Waals surface area contributed by atoms with Crippen LogP contribution in [0.3, 0.4) is 0 Å². The van der Waals surface area contributed by atoms with Gasteiger partial charge in [0.25, 0.3) is 0 Å². The average molecular weight is 326 g/mol. The van der Waals surface area contributed by atoms with E-state index >= 15 is 0 Å². The highest BCUT2D eigenvalue weighted by atomic mass is 79.9. The van der Waals surface area contributed by atoms with Crippen LogP contribution in [-0.2, 0) is 4.74 Å². The van der Waals surface area contributed by atoms with Crippen LogP contribution in [0.2, 0.25) is 0 Å². The molecule has 1 saturated heterocycles. The Hall–Kier alpha value is -0.310. The first-order valence-corrected chi connectivity index (χ1v) is 6.93. The number of rotatable bonds is 2. The van der Waals surface area contributed by atoms with Crippen LogP contribution in [0.25, 0.3) is 0 Å². The van der Waals surface area contributed by atoms with Crippen molar-refractivity contribution in [2.45, 2.75) is 35.5 Å². The number of halogens is 2. The lowest BCUT2D eigenvalue weighted by Gasteiger charge is -2.44. The van der Waals surface area contributed by atoms with Crippen molar-refractivity contribution in [2.24, 2.45) is 5.73 Å². The highest BCUT2D eigenvalue weighted by Gasteiger charge is 2.50. The largest absolute Gasteiger partial charge is 0.379 e. The minimum atomic E-state index is -1.23. The molecule has 5 unspecified atom stereocenters. The standard InChI is InChI=1S/C10H17BrFN3O3/c11-8-9(13)7(15(16)17)5-6(12)10(8)14-1-3-18-4-2-14/h6-10H,1-5,13H2. The van der Waals surface area contributed by atoms with Crippen LogP contribution < -0.4 is 5.73 Å². The third-order valence-corrected chi connectivity index (χ3v) is 4.87. The average Bonchev–Trinajstić information content (AvgIpc) is 2.35. The molecule has 1 aliphatic carbocycles. The summed E-state index contributed by atoms with van der Waals surface area (Å²) in [5.41, 5.74) is 5.87. The lowest BCUT2D eigenvalue weighted by molar-refractivity contribution is -0.530. The zero-order valence-electron chi connectivity index (χ0n) is 9.87. The Bertz CT molecular complexity index is 317. The van der Waals surface area contributed by atoms with E-state index in [9.17, 15) is 14.5 Å². The highest BCUT2D eigenvalue weighted by molar-refractivity contribution is 9.09. The molecule has 1 aliphatic heterocycles. The molecule has 2 fully saturated rings. The van der Waals surface area contributed by atoms with Crippen LogP contribution in [0.15, 0.2) is 0 Å². The van der Waals surface area contributed by atoms with Crippen molar-refractivity contribution < 1.29 is 14.1 Å². The summed E-state index contributed by atoms with van der Waals surface area (Å²) in [4.78, 5) is 11.9. The zero-order chi connectivity index (χ0) is 13.3. The number of nitrogens with zero attached hydrogens (tertiary/aromatic N) is 2. The van der Waals surface area contributed by atoms with E-state index in [2.05, 4.69) is 15.9 Å². The molecule has 2 N–H and O–H groups in total. The van der Waals surface area contributed by atoms with Gasteiger partial charge in [-0.05, 0) is 0 Å². The molecule has 0 aromatic rings. The molecule has 2 rings (SSSR count). The summed E-state index contributed by atoms with van der Waals surface area (Å²) in [6.07, 6.45) is -1.35. The molecule has 0 spiro atoms. The van der Waals surface area contributed by atoms with E-state index in [0.717, 1.165) is 0 Å². The van der Waals surface area contributed by atoms with Crippen molar-refractivity contribution >= 4 is 15.9 Å². The molecule has 6 nitrogen and oxygen atoms in total. The Morgan fingerprint density at radius 1 is 1.44 bits per heavy atom. The Kier molecular flexibility index (Phi) is 4.52. The number of ether oxygens (including phenoxy) is 1. The summed E-state index contributed by atoms with van der Waals surface area (Å²) in [5.74, 6) is 0. The number of hydrogen-bond donors (Lipinski definition) is 1. The molecule has 0 radical (unpaired) electrons. The van der Waals surface area contributed by atoms with Crippen molar-refractivity contribution in [1.82, 2.24) is 4.90 Å². The van der Waals surface area contributed by atoms with Crippen molar-refractivity contribution in [3.05, 3.63) is 10.1 Å². The van der Waals surface area contributed by atoms with Crippen molar-refractivity contribution in [3.8, 4) is 0 Å². The van der Waals surface area contributed by atoms with E-state index < -0.39 is 34.0 Å². The topological polar surface area (TPSA) is 81.6 Å². The number of nitro groups is 1. The number of alkyl halides is 2. The Balaban J connectivity index is 2.09. The molecular weight excluding hydrogens is 309 g/mol. The second-order valence-electron chi connectivity index (χ2n) is 4.77. The fraction of sp³-hybridized carbons (Fsp3) is 1.00. The molecule has 0 aromatic heterocycles. The highest BCUT2D eigenvalue weighted by Crippen LogP contribution is 2.32. The van der Waals surface area contributed by atoms with Gasteiger partial charge in [-0.15, -0.1) is 0 Å². The maximum Gasteiger partial charge on any atom is 0.231 e. The van der Waals surface area contributed by atoms with Crippen LogP contribution in [0.1, 0.15) is 6.42 Å². The van der Waals surface area contributed by atoms with Gasteiger partial charge in [0, 0.05) is 24.4 Å². The lowest BCUT2D eigenvalue weighted by atomic mass is 9.85. The van der Waals surface area contributed by atoms with Gasteiger partial charge in [0.05, 0.1) is 30.1 Å². The van der Waals surface area contributed by atoms with Gasteiger partial charge < -0.3 is 10.5 Å². The number of hydrogen-bond acceptors (Lipinski definition) is 5. The van der Waals surface area contributed by atoms with Gasteiger partial charge in [-0.1, -0.05) is 15.9 Å². The molecule has 104 valence electrons. The molecule has 0 bridgehead atoms. The van der Waals surface area contributed by atoms with E-state index in [1.807, 2.05) is 4.90 Å². The van der Waals surface area contributed by atoms with Crippen molar-refractivity contribution in [1.29, 1.82) is 0 Å². The van der Waals surface area contributed by atoms with Crippen LogP contribution in [0.5, 0.6) is 0 Å². The first kappa shape index (κ1) is 14.1. The van der Waals surface area contributed by atoms with E-state index in [1.54, 1.807) is 0 Å². The van der Waals surface area contributed by atoms with Gasteiger partial charge in [-0.25, -0.2) is 4.39 Å². The van der Waals surface area contributed by atoms with Gasteiger partial charge in [0.15, 0.2) is 0 Å². The number of nitrogens with two attached hydrogens (primary N) is 1. The van der Waals surface area contributed by atoms with Crippen LogP contribution >= 0.6 is 15.9 Å². The second kappa shape index (κ2) is 5.77. The SMILES string of the molecule is NC1C(Br)C(N2CCOCC2)C(F)CC1[N+](=O)[O-]. The second-order valence-corrected chi connectivity index (χ2v) is 5.82.